The van der Waals surface area contributed by atoms with Crippen molar-refractivity contribution in [2.45, 2.75) is 44.1 Å². The van der Waals surface area contributed by atoms with Crippen LogP contribution in [0.4, 0.5) is 0 Å². The van der Waals surface area contributed by atoms with Crippen molar-refractivity contribution in [3.05, 3.63) is 47.3 Å². The van der Waals surface area contributed by atoms with Gasteiger partial charge in [-0.1, -0.05) is 18.0 Å². The summed E-state index contributed by atoms with van der Waals surface area (Å²) >= 11 is 0. The quantitative estimate of drug-likeness (QED) is 0.743. The normalized spacial score (nSPS) is 16.2. The van der Waals surface area contributed by atoms with E-state index in [0.717, 1.165) is 25.7 Å². The van der Waals surface area contributed by atoms with E-state index in [4.69, 9.17) is 9.26 Å². The van der Waals surface area contributed by atoms with Crippen LogP contribution in [0.15, 0.2) is 39.8 Å². The predicted octanol–water partition coefficient (Wildman–Crippen LogP) is 2.90. The van der Waals surface area contributed by atoms with Crippen molar-refractivity contribution in [1.82, 2.24) is 9.46 Å². The highest BCUT2D eigenvalue weighted by atomic mass is 32.2. The summed E-state index contributed by atoms with van der Waals surface area (Å²) in [6.45, 7) is 2.85. The second-order valence-electron chi connectivity index (χ2n) is 6.35. The number of esters is 1. The van der Waals surface area contributed by atoms with Gasteiger partial charge in [0, 0.05) is 19.2 Å². The van der Waals surface area contributed by atoms with E-state index in [1.807, 2.05) is 0 Å². The molecule has 0 aliphatic carbocycles. The van der Waals surface area contributed by atoms with Crippen LogP contribution < -0.4 is 0 Å². The predicted molar refractivity (Wildman–Crippen MR) is 94.0 cm³/mol. The standard InChI is InChI=1S/C18H22N2O5S/c1-14-12-16(19-25-14)13-24-18(21)15-6-8-17(9-7-15)26(22,23)20-10-4-2-3-5-11-20/h6-9,12H,2-5,10-11,13H2,1H3. The van der Waals surface area contributed by atoms with Gasteiger partial charge < -0.3 is 9.26 Å². The molecule has 0 spiro atoms. The second kappa shape index (κ2) is 8.01. The molecule has 0 unspecified atom stereocenters. The average molecular weight is 378 g/mol. The smallest absolute Gasteiger partial charge is 0.338 e. The largest absolute Gasteiger partial charge is 0.455 e. The second-order valence-corrected chi connectivity index (χ2v) is 8.29. The lowest BCUT2D eigenvalue weighted by molar-refractivity contribution is 0.0464. The molecule has 26 heavy (non-hydrogen) atoms. The van der Waals surface area contributed by atoms with E-state index in [0.29, 0.717) is 30.1 Å². The van der Waals surface area contributed by atoms with Crippen molar-refractivity contribution in [3.63, 3.8) is 0 Å². The van der Waals surface area contributed by atoms with Gasteiger partial charge in [0.2, 0.25) is 10.0 Å². The van der Waals surface area contributed by atoms with Crippen molar-refractivity contribution < 1.29 is 22.5 Å². The van der Waals surface area contributed by atoms with Crippen molar-refractivity contribution in [2.24, 2.45) is 0 Å². The summed E-state index contributed by atoms with van der Waals surface area (Å²) in [6, 6.07) is 7.54. The molecule has 0 amide bonds. The molecule has 0 saturated carbocycles. The lowest BCUT2D eigenvalue weighted by Gasteiger charge is -2.19. The fourth-order valence-corrected chi connectivity index (χ4v) is 4.42. The molecule has 1 aliphatic rings. The maximum Gasteiger partial charge on any atom is 0.338 e. The molecule has 2 aromatic rings. The number of nitrogens with zero attached hydrogens (tertiary/aromatic N) is 2. The lowest BCUT2D eigenvalue weighted by Crippen LogP contribution is -2.31. The molecular formula is C18H22N2O5S. The Hall–Kier alpha value is -2.19. The van der Waals surface area contributed by atoms with Gasteiger partial charge in [-0.3, -0.25) is 0 Å². The molecule has 1 saturated heterocycles. The monoisotopic (exact) mass is 378 g/mol. The van der Waals surface area contributed by atoms with Crippen LogP contribution in [0, 0.1) is 6.92 Å². The summed E-state index contributed by atoms with van der Waals surface area (Å²) < 4.78 is 37.1. The summed E-state index contributed by atoms with van der Waals surface area (Å²) in [6.07, 6.45) is 3.88. The Labute approximate surface area is 153 Å². The fraction of sp³-hybridized carbons (Fsp3) is 0.444. The Morgan fingerprint density at radius 3 is 2.38 bits per heavy atom. The van der Waals surface area contributed by atoms with E-state index in [9.17, 15) is 13.2 Å². The van der Waals surface area contributed by atoms with E-state index in [1.54, 1.807) is 13.0 Å². The molecule has 0 atom stereocenters. The Bertz CT molecular complexity index is 850. The van der Waals surface area contributed by atoms with Gasteiger partial charge in [-0.05, 0) is 44.0 Å². The molecule has 7 nitrogen and oxygen atoms in total. The number of hydrogen-bond acceptors (Lipinski definition) is 6. The molecule has 8 heteroatoms. The van der Waals surface area contributed by atoms with E-state index in [2.05, 4.69) is 5.16 Å². The van der Waals surface area contributed by atoms with Crippen LogP contribution in [-0.2, 0) is 21.4 Å². The summed E-state index contributed by atoms with van der Waals surface area (Å²) in [4.78, 5) is 12.3. The van der Waals surface area contributed by atoms with Crippen LogP contribution in [0.2, 0.25) is 0 Å². The van der Waals surface area contributed by atoms with Crippen molar-refractivity contribution in [1.29, 1.82) is 0 Å². The molecule has 1 fully saturated rings. The van der Waals surface area contributed by atoms with Gasteiger partial charge in [0.05, 0.1) is 10.5 Å². The number of benzene rings is 1. The van der Waals surface area contributed by atoms with Gasteiger partial charge in [0.25, 0.3) is 0 Å². The number of carbonyl (C=O) groups excluding carboxylic acids is 1. The molecule has 3 rings (SSSR count). The summed E-state index contributed by atoms with van der Waals surface area (Å²) in [7, 11) is -3.52. The minimum atomic E-state index is -3.52. The Kier molecular flexibility index (Phi) is 5.73. The maximum absolute atomic E-state index is 12.7. The third-order valence-electron chi connectivity index (χ3n) is 4.32. The van der Waals surface area contributed by atoms with Crippen molar-refractivity contribution >= 4 is 16.0 Å². The zero-order valence-corrected chi connectivity index (χ0v) is 15.5. The maximum atomic E-state index is 12.7. The minimum Gasteiger partial charge on any atom is -0.455 e. The number of ether oxygens (including phenoxy) is 1. The first-order valence-electron chi connectivity index (χ1n) is 8.66. The Balaban J connectivity index is 1.66. The minimum absolute atomic E-state index is 0.00397. The number of aryl methyl sites for hydroxylation is 1. The summed E-state index contributed by atoms with van der Waals surface area (Å²) in [5, 5.41) is 3.75. The van der Waals surface area contributed by atoms with Crippen LogP contribution >= 0.6 is 0 Å². The highest BCUT2D eigenvalue weighted by molar-refractivity contribution is 7.89. The first-order chi connectivity index (χ1) is 12.5. The number of aromatic nitrogens is 1. The number of hydrogen-bond donors (Lipinski definition) is 0. The van der Waals surface area contributed by atoms with Crippen LogP contribution in [0.1, 0.15) is 47.5 Å². The first kappa shape index (κ1) is 18.6. The highest BCUT2D eigenvalue weighted by Crippen LogP contribution is 2.21. The van der Waals surface area contributed by atoms with Crippen LogP contribution in [0.25, 0.3) is 0 Å². The zero-order chi connectivity index (χ0) is 18.6. The van der Waals surface area contributed by atoms with E-state index >= 15 is 0 Å². The third kappa shape index (κ3) is 4.31. The highest BCUT2D eigenvalue weighted by Gasteiger charge is 2.25. The topological polar surface area (TPSA) is 89.7 Å². The van der Waals surface area contributed by atoms with Crippen molar-refractivity contribution in [2.75, 3.05) is 13.1 Å². The van der Waals surface area contributed by atoms with Gasteiger partial charge in [-0.15, -0.1) is 0 Å². The molecule has 0 bridgehead atoms. The van der Waals surface area contributed by atoms with Crippen LogP contribution in [0.5, 0.6) is 0 Å². The van der Waals surface area contributed by atoms with Gasteiger partial charge in [0.1, 0.15) is 18.1 Å². The summed E-state index contributed by atoms with van der Waals surface area (Å²) in [5.41, 5.74) is 0.816. The van der Waals surface area contributed by atoms with Gasteiger partial charge >= 0.3 is 5.97 Å². The van der Waals surface area contributed by atoms with Gasteiger partial charge in [-0.25, -0.2) is 13.2 Å². The van der Waals surface area contributed by atoms with Crippen LogP contribution in [-0.4, -0.2) is 36.9 Å². The molecule has 1 aromatic carbocycles. The molecule has 140 valence electrons. The zero-order valence-electron chi connectivity index (χ0n) is 14.7. The Morgan fingerprint density at radius 2 is 1.81 bits per heavy atom. The molecule has 2 heterocycles. The van der Waals surface area contributed by atoms with Gasteiger partial charge in [0.15, 0.2) is 0 Å². The molecule has 0 N–H and O–H groups in total. The SMILES string of the molecule is Cc1cc(COC(=O)c2ccc(S(=O)(=O)N3CCCCCC3)cc2)no1. The molecule has 0 radical (unpaired) electrons. The molecular weight excluding hydrogens is 356 g/mol. The fourth-order valence-electron chi connectivity index (χ4n) is 2.90. The van der Waals surface area contributed by atoms with Crippen LogP contribution in [0.3, 0.4) is 0 Å². The molecule has 1 aromatic heterocycles. The van der Waals surface area contributed by atoms with E-state index in [1.165, 1.54) is 28.6 Å². The number of carbonyl (C=O) groups is 1. The number of rotatable bonds is 5. The summed E-state index contributed by atoms with van der Waals surface area (Å²) in [5.74, 6) is 0.100. The number of sulfonamides is 1. The van der Waals surface area contributed by atoms with Gasteiger partial charge in [-0.2, -0.15) is 4.31 Å². The third-order valence-corrected chi connectivity index (χ3v) is 6.23. The lowest BCUT2D eigenvalue weighted by atomic mass is 10.2. The van der Waals surface area contributed by atoms with E-state index < -0.39 is 16.0 Å². The average Bonchev–Trinajstić information content (AvgIpc) is 2.87. The van der Waals surface area contributed by atoms with E-state index in [-0.39, 0.29) is 11.5 Å². The first-order valence-corrected chi connectivity index (χ1v) is 10.1. The van der Waals surface area contributed by atoms with Crippen molar-refractivity contribution in [3.8, 4) is 0 Å². The Morgan fingerprint density at radius 1 is 1.15 bits per heavy atom. The molecule has 1 aliphatic heterocycles.